The van der Waals surface area contributed by atoms with E-state index in [2.05, 4.69) is 15.0 Å². The number of halogens is 1. The molecule has 0 spiro atoms. The minimum atomic E-state index is -0.0337. The fourth-order valence-corrected chi connectivity index (χ4v) is 3.65. The van der Waals surface area contributed by atoms with E-state index < -0.39 is 0 Å². The number of carbonyl (C=O) groups is 1. The van der Waals surface area contributed by atoms with Gasteiger partial charge in [-0.3, -0.25) is 9.48 Å². The minimum Gasteiger partial charge on any atom is -0.423 e. The highest BCUT2D eigenvalue weighted by Crippen LogP contribution is 2.27. The van der Waals surface area contributed by atoms with Gasteiger partial charge >= 0.3 is 0 Å². The lowest BCUT2D eigenvalue weighted by molar-refractivity contribution is 0.0701. The number of nitrogens with zero attached hydrogens (tertiary/aromatic N) is 5. The summed E-state index contributed by atoms with van der Waals surface area (Å²) < 4.78 is 7.58. The molecule has 1 aromatic carbocycles. The fraction of sp³-hybridized carbons (Fsp3) is 0.421. The molecule has 0 radical (unpaired) electrons. The molecule has 0 unspecified atom stereocenters. The third-order valence-electron chi connectivity index (χ3n) is 5.27. The van der Waals surface area contributed by atoms with E-state index in [-0.39, 0.29) is 11.9 Å². The zero-order valence-corrected chi connectivity index (χ0v) is 16.4. The maximum Gasteiger partial charge on any atom is 0.298 e. The lowest BCUT2D eigenvalue weighted by atomic mass is 10.0. The number of anilines is 1. The summed E-state index contributed by atoms with van der Waals surface area (Å²) in [6.45, 7) is 3.50. The first-order valence-corrected chi connectivity index (χ1v) is 9.39. The fourth-order valence-electron chi connectivity index (χ4n) is 3.48. The van der Waals surface area contributed by atoms with E-state index in [1.54, 1.807) is 16.8 Å². The van der Waals surface area contributed by atoms with Crippen LogP contribution < -0.4 is 4.90 Å². The van der Waals surface area contributed by atoms with E-state index in [0.717, 1.165) is 42.7 Å². The van der Waals surface area contributed by atoms with Crippen molar-refractivity contribution in [2.24, 2.45) is 7.05 Å². The molecule has 7 nitrogen and oxygen atoms in total. The molecule has 0 saturated carbocycles. The van der Waals surface area contributed by atoms with Crippen LogP contribution in [-0.4, -0.2) is 51.8 Å². The van der Waals surface area contributed by atoms with Crippen LogP contribution in [-0.2, 0) is 7.05 Å². The molecule has 1 aliphatic rings. The molecule has 3 aromatic rings. The monoisotopic (exact) mass is 387 g/mol. The number of oxazole rings is 1. The molecular formula is C19H22ClN5O2. The lowest BCUT2D eigenvalue weighted by Crippen LogP contribution is -2.45. The van der Waals surface area contributed by atoms with Crippen LogP contribution in [0.3, 0.4) is 0 Å². The van der Waals surface area contributed by atoms with Crippen LogP contribution in [0.1, 0.15) is 29.0 Å². The topological polar surface area (TPSA) is 67.4 Å². The number of aromatic nitrogens is 3. The van der Waals surface area contributed by atoms with Gasteiger partial charge in [0, 0.05) is 43.9 Å². The summed E-state index contributed by atoms with van der Waals surface area (Å²) in [4.78, 5) is 21.2. The third kappa shape index (κ3) is 3.39. The van der Waals surface area contributed by atoms with Gasteiger partial charge in [-0.15, -0.1) is 0 Å². The van der Waals surface area contributed by atoms with Gasteiger partial charge in [0.1, 0.15) is 5.52 Å². The summed E-state index contributed by atoms with van der Waals surface area (Å²) in [6.07, 6.45) is 1.71. The Bertz CT molecular complexity index is 968. The molecule has 1 amide bonds. The SMILES string of the molecule is Cc1cc(C(=O)N(C)C2CCN(c3nc4cc(Cl)ccc4o3)CC2)nn1C. The van der Waals surface area contributed by atoms with Gasteiger partial charge in [-0.1, -0.05) is 11.6 Å². The van der Waals surface area contributed by atoms with Crippen molar-refractivity contribution in [1.82, 2.24) is 19.7 Å². The normalized spacial score (nSPS) is 15.5. The Kier molecular flexibility index (Phi) is 4.55. The molecule has 4 rings (SSSR count). The number of piperidine rings is 1. The summed E-state index contributed by atoms with van der Waals surface area (Å²) in [7, 11) is 3.70. The average Bonchev–Trinajstić information content (AvgIpc) is 3.23. The van der Waals surface area contributed by atoms with E-state index in [9.17, 15) is 4.79 Å². The first-order chi connectivity index (χ1) is 12.9. The number of rotatable bonds is 3. The number of aryl methyl sites for hydroxylation is 2. The molecular weight excluding hydrogens is 366 g/mol. The lowest BCUT2D eigenvalue weighted by Gasteiger charge is -2.35. The molecule has 3 heterocycles. The van der Waals surface area contributed by atoms with Crippen LogP contribution in [0.5, 0.6) is 0 Å². The third-order valence-corrected chi connectivity index (χ3v) is 5.51. The quantitative estimate of drug-likeness (QED) is 0.690. The summed E-state index contributed by atoms with van der Waals surface area (Å²) in [6, 6.07) is 8.05. The van der Waals surface area contributed by atoms with Gasteiger partial charge in [-0.2, -0.15) is 10.1 Å². The van der Waals surface area contributed by atoms with Crippen molar-refractivity contribution in [3.63, 3.8) is 0 Å². The number of hydrogen-bond acceptors (Lipinski definition) is 5. The highest BCUT2D eigenvalue weighted by Gasteiger charge is 2.29. The van der Waals surface area contributed by atoms with Crippen LogP contribution in [0, 0.1) is 6.92 Å². The van der Waals surface area contributed by atoms with Crippen molar-refractivity contribution in [1.29, 1.82) is 0 Å². The minimum absolute atomic E-state index is 0.0337. The standard InChI is InChI=1S/C19H22ClN5O2/c1-12-10-16(22-24(12)3)18(26)23(2)14-6-8-25(9-7-14)19-21-15-11-13(20)4-5-17(15)27-19/h4-5,10-11,14H,6-9H2,1-3H3. The Morgan fingerprint density at radius 2 is 2.04 bits per heavy atom. The number of hydrogen-bond donors (Lipinski definition) is 0. The highest BCUT2D eigenvalue weighted by atomic mass is 35.5. The number of fused-ring (bicyclic) bond motifs is 1. The number of carbonyl (C=O) groups excluding carboxylic acids is 1. The van der Waals surface area contributed by atoms with Gasteiger partial charge in [0.05, 0.1) is 0 Å². The van der Waals surface area contributed by atoms with Crippen molar-refractivity contribution < 1.29 is 9.21 Å². The van der Waals surface area contributed by atoms with Gasteiger partial charge in [0.15, 0.2) is 11.3 Å². The van der Waals surface area contributed by atoms with Crippen molar-refractivity contribution >= 4 is 34.6 Å². The zero-order valence-electron chi connectivity index (χ0n) is 15.6. The molecule has 0 aliphatic carbocycles. The number of benzene rings is 1. The van der Waals surface area contributed by atoms with E-state index >= 15 is 0 Å². The van der Waals surface area contributed by atoms with Gasteiger partial charge in [-0.05, 0) is 44.0 Å². The highest BCUT2D eigenvalue weighted by molar-refractivity contribution is 6.31. The predicted molar refractivity (Wildman–Crippen MR) is 104 cm³/mol. The molecule has 1 fully saturated rings. The second kappa shape index (κ2) is 6.88. The molecule has 142 valence electrons. The van der Waals surface area contributed by atoms with Gasteiger partial charge in [0.25, 0.3) is 11.9 Å². The molecule has 0 atom stereocenters. The largest absolute Gasteiger partial charge is 0.423 e. The summed E-state index contributed by atoms with van der Waals surface area (Å²) >= 11 is 6.02. The van der Waals surface area contributed by atoms with Gasteiger partial charge in [-0.25, -0.2) is 0 Å². The Morgan fingerprint density at radius 1 is 1.30 bits per heavy atom. The van der Waals surface area contributed by atoms with Crippen LogP contribution in [0.15, 0.2) is 28.7 Å². The van der Waals surface area contributed by atoms with E-state index in [1.807, 2.05) is 38.1 Å². The molecule has 0 bridgehead atoms. The van der Waals surface area contributed by atoms with Crippen molar-refractivity contribution in [3.05, 3.63) is 40.7 Å². The summed E-state index contributed by atoms with van der Waals surface area (Å²) in [5, 5.41) is 4.94. The summed E-state index contributed by atoms with van der Waals surface area (Å²) in [5.41, 5.74) is 2.96. The van der Waals surface area contributed by atoms with E-state index in [1.165, 1.54) is 0 Å². The Morgan fingerprint density at radius 3 is 2.70 bits per heavy atom. The Balaban J connectivity index is 1.42. The Labute approximate surface area is 162 Å². The number of amides is 1. The molecule has 2 aromatic heterocycles. The molecule has 8 heteroatoms. The Hall–Kier alpha value is -2.54. The molecule has 1 aliphatic heterocycles. The molecule has 0 N–H and O–H groups in total. The summed E-state index contributed by atoms with van der Waals surface area (Å²) in [5.74, 6) is -0.0337. The van der Waals surface area contributed by atoms with Crippen LogP contribution >= 0.6 is 11.6 Å². The zero-order chi connectivity index (χ0) is 19.1. The van der Waals surface area contributed by atoms with Crippen LogP contribution in [0.25, 0.3) is 11.1 Å². The second-order valence-electron chi connectivity index (χ2n) is 7.04. The average molecular weight is 388 g/mol. The van der Waals surface area contributed by atoms with E-state index in [0.29, 0.717) is 16.7 Å². The van der Waals surface area contributed by atoms with Gasteiger partial charge < -0.3 is 14.2 Å². The smallest absolute Gasteiger partial charge is 0.298 e. The maximum absolute atomic E-state index is 12.7. The van der Waals surface area contributed by atoms with Crippen molar-refractivity contribution in [2.75, 3.05) is 25.0 Å². The first-order valence-electron chi connectivity index (χ1n) is 9.01. The molecule has 1 saturated heterocycles. The predicted octanol–water partition coefficient (Wildman–Crippen LogP) is 3.26. The van der Waals surface area contributed by atoms with Crippen LogP contribution in [0.2, 0.25) is 5.02 Å². The second-order valence-corrected chi connectivity index (χ2v) is 7.47. The van der Waals surface area contributed by atoms with E-state index in [4.69, 9.17) is 16.0 Å². The first kappa shape index (κ1) is 17.9. The molecule has 27 heavy (non-hydrogen) atoms. The van der Waals surface area contributed by atoms with Gasteiger partial charge in [0.2, 0.25) is 0 Å². The maximum atomic E-state index is 12.7. The van der Waals surface area contributed by atoms with Crippen molar-refractivity contribution in [2.45, 2.75) is 25.8 Å². The van der Waals surface area contributed by atoms with Crippen molar-refractivity contribution in [3.8, 4) is 0 Å². The van der Waals surface area contributed by atoms with Crippen LogP contribution in [0.4, 0.5) is 6.01 Å².